The Labute approximate surface area is 102 Å². The Balaban J connectivity index is 2.67. The van der Waals surface area contributed by atoms with Crippen LogP contribution in [0.2, 0.25) is 0 Å². The molecular weight excluding hydrogens is 216 g/mol. The molecule has 1 N–H and O–H groups in total. The number of aliphatic hydroxyl groups is 1. The SMILES string of the molecule is COc1cc2c(c(C)c1OC)C[C@@H](C)C=C2O. The van der Waals surface area contributed by atoms with E-state index in [2.05, 4.69) is 6.92 Å². The average molecular weight is 234 g/mol. The maximum atomic E-state index is 10.0. The molecule has 0 unspecified atom stereocenters. The monoisotopic (exact) mass is 234 g/mol. The van der Waals surface area contributed by atoms with Crippen LogP contribution >= 0.6 is 0 Å². The fourth-order valence-electron chi connectivity index (χ4n) is 2.44. The van der Waals surface area contributed by atoms with Gasteiger partial charge in [0.05, 0.1) is 14.2 Å². The molecule has 0 fully saturated rings. The van der Waals surface area contributed by atoms with E-state index in [1.807, 2.05) is 19.1 Å². The van der Waals surface area contributed by atoms with Gasteiger partial charge in [0, 0.05) is 5.56 Å². The van der Waals surface area contributed by atoms with Crippen LogP contribution < -0.4 is 9.47 Å². The first kappa shape index (κ1) is 11.8. The normalized spacial score (nSPS) is 18.4. The lowest BCUT2D eigenvalue weighted by molar-refractivity contribution is 0.351. The number of rotatable bonds is 2. The van der Waals surface area contributed by atoms with Crippen molar-refractivity contribution >= 4 is 5.76 Å². The Hall–Kier alpha value is -1.64. The second kappa shape index (κ2) is 4.32. The van der Waals surface area contributed by atoms with Gasteiger partial charge in [0.25, 0.3) is 0 Å². The van der Waals surface area contributed by atoms with Gasteiger partial charge < -0.3 is 14.6 Å². The summed E-state index contributed by atoms with van der Waals surface area (Å²) in [4.78, 5) is 0. The van der Waals surface area contributed by atoms with Gasteiger partial charge >= 0.3 is 0 Å². The van der Waals surface area contributed by atoms with Gasteiger partial charge in [-0.3, -0.25) is 0 Å². The van der Waals surface area contributed by atoms with E-state index >= 15 is 0 Å². The molecule has 0 saturated carbocycles. The molecule has 1 aliphatic rings. The number of methoxy groups -OCH3 is 2. The molecule has 0 bridgehead atoms. The largest absolute Gasteiger partial charge is 0.508 e. The predicted molar refractivity (Wildman–Crippen MR) is 67.8 cm³/mol. The number of ether oxygens (including phenoxy) is 2. The number of hydrogen-bond donors (Lipinski definition) is 1. The molecule has 0 saturated heterocycles. The van der Waals surface area contributed by atoms with Gasteiger partial charge in [-0.2, -0.15) is 0 Å². The molecular formula is C14H18O3. The van der Waals surface area contributed by atoms with Gasteiger partial charge in [0.1, 0.15) is 5.76 Å². The molecule has 0 aliphatic heterocycles. The van der Waals surface area contributed by atoms with E-state index in [-0.39, 0.29) is 0 Å². The molecule has 17 heavy (non-hydrogen) atoms. The molecule has 1 atom stereocenters. The van der Waals surface area contributed by atoms with E-state index in [0.29, 0.717) is 17.4 Å². The first-order chi connectivity index (χ1) is 8.08. The highest BCUT2D eigenvalue weighted by molar-refractivity contribution is 5.70. The van der Waals surface area contributed by atoms with Crippen molar-refractivity contribution in [3.8, 4) is 11.5 Å². The zero-order chi connectivity index (χ0) is 12.6. The number of benzene rings is 1. The molecule has 0 radical (unpaired) electrons. The fourth-order valence-corrected chi connectivity index (χ4v) is 2.44. The minimum atomic E-state index is 0.336. The molecule has 2 rings (SSSR count). The summed E-state index contributed by atoms with van der Waals surface area (Å²) in [6.45, 7) is 4.10. The van der Waals surface area contributed by atoms with Crippen molar-refractivity contribution < 1.29 is 14.6 Å². The summed E-state index contributed by atoms with van der Waals surface area (Å²) in [6.07, 6.45) is 2.80. The van der Waals surface area contributed by atoms with E-state index in [1.165, 1.54) is 0 Å². The van der Waals surface area contributed by atoms with Crippen molar-refractivity contribution in [3.63, 3.8) is 0 Å². The summed E-state index contributed by atoms with van der Waals surface area (Å²) < 4.78 is 10.7. The van der Waals surface area contributed by atoms with Gasteiger partial charge in [-0.15, -0.1) is 0 Å². The van der Waals surface area contributed by atoms with Crippen molar-refractivity contribution in [2.24, 2.45) is 5.92 Å². The van der Waals surface area contributed by atoms with Crippen LogP contribution in [0.15, 0.2) is 12.1 Å². The van der Waals surface area contributed by atoms with E-state index in [0.717, 1.165) is 28.9 Å². The fraction of sp³-hybridized carbons (Fsp3) is 0.429. The van der Waals surface area contributed by atoms with Crippen molar-refractivity contribution in [1.82, 2.24) is 0 Å². The Kier molecular flexibility index (Phi) is 3.01. The summed E-state index contributed by atoms with van der Waals surface area (Å²) in [7, 11) is 3.25. The minimum Gasteiger partial charge on any atom is -0.508 e. The predicted octanol–water partition coefficient (Wildman–Crippen LogP) is 3.10. The Morgan fingerprint density at radius 1 is 1.29 bits per heavy atom. The Morgan fingerprint density at radius 3 is 2.59 bits per heavy atom. The standard InChI is InChI=1S/C14H18O3/c1-8-5-10-9(2)14(17-4)13(16-3)7-11(10)12(15)6-8/h6-8,15H,5H2,1-4H3/t8-/m1/s1. The first-order valence-electron chi connectivity index (χ1n) is 5.74. The van der Waals surface area contributed by atoms with Crippen molar-refractivity contribution in [2.75, 3.05) is 14.2 Å². The van der Waals surface area contributed by atoms with Gasteiger partial charge in [-0.25, -0.2) is 0 Å². The quantitative estimate of drug-likeness (QED) is 0.854. The smallest absolute Gasteiger partial charge is 0.163 e. The molecule has 1 aromatic carbocycles. The third-order valence-corrected chi connectivity index (χ3v) is 3.29. The molecule has 1 aromatic rings. The van der Waals surface area contributed by atoms with Crippen LogP contribution in [0.3, 0.4) is 0 Å². The van der Waals surface area contributed by atoms with Crippen LogP contribution in [0, 0.1) is 12.8 Å². The highest BCUT2D eigenvalue weighted by Crippen LogP contribution is 2.40. The second-order valence-corrected chi connectivity index (χ2v) is 4.50. The molecule has 0 amide bonds. The Bertz CT molecular complexity index is 475. The van der Waals surface area contributed by atoms with Crippen molar-refractivity contribution in [3.05, 3.63) is 28.8 Å². The lowest BCUT2D eigenvalue weighted by Gasteiger charge is -2.23. The number of allylic oxidation sites excluding steroid dienone is 1. The zero-order valence-electron chi connectivity index (χ0n) is 10.7. The van der Waals surface area contributed by atoms with Gasteiger partial charge in [-0.05, 0) is 42.5 Å². The Morgan fingerprint density at radius 2 is 2.00 bits per heavy atom. The van der Waals surface area contributed by atoms with E-state index in [1.54, 1.807) is 14.2 Å². The first-order valence-corrected chi connectivity index (χ1v) is 5.74. The molecule has 3 nitrogen and oxygen atoms in total. The molecule has 92 valence electrons. The maximum absolute atomic E-state index is 10.0. The highest BCUT2D eigenvalue weighted by Gasteiger charge is 2.23. The van der Waals surface area contributed by atoms with Crippen LogP contribution in [0.1, 0.15) is 23.6 Å². The van der Waals surface area contributed by atoms with Gasteiger partial charge in [0.2, 0.25) is 0 Å². The summed E-state index contributed by atoms with van der Waals surface area (Å²) in [5.41, 5.74) is 3.06. The van der Waals surface area contributed by atoms with Crippen LogP contribution in [0.4, 0.5) is 0 Å². The molecule has 0 spiro atoms. The zero-order valence-corrected chi connectivity index (χ0v) is 10.7. The summed E-state index contributed by atoms with van der Waals surface area (Å²) in [5, 5.41) is 10.0. The number of hydrogen-bond acceptors (Lipinski definition) is 3. The van der Waals surface area contributed by atoms with E-state index in [9.17, 15) is 5.11 Å². The average Bonchev–Trinajstić information content (AvgIpc) is 2.30. The summed E-state index contributed by atoms with van der Waals surface area (Å²) in [5.74, 6) is 2.11. The second-order valence-electron chi connectivity index (χ2n) is 4.50. The van der Waals surface area contributed by atoms with Crippen LogP contribution in [0.5, 0.6) is 11.5 Å². The molecule has 1 aliphatic carbocycles. The van der Waals surface area contributed by atoms with E-state index in [4.69, 9.17) is 9.47 Å². The highest BCUT2D eigenvalue weighted by atomic mass is 16.5. The van der Waals surface area contributed by atoms with Crippen molar-refractivity contribution in [2.45, 2.75) is 20.3 Å². The maximum Gasteiger partial charge on any atom is 0.163 e. The summed E-state index contributed by atoms with van der Waals surface area (Å²) in [6, 6.07) is 1.85. The topological polar surface area (TPSA) is 38.7 Å². The van der Waals surface area contributed by atoms with Crippen molar-refractivity contribution in [1.29, 1.82) is 0 Å². The number of fused-ring (bicyclic) bond motifs is 1. The van der Waals surface area contributed by atoms with Crippen LogP contribution in [-0.2, 0) is 6.42 Å². The third-order valence-electron chi connectivity index (χ3n) is 3.29. The molecule has 3 heteroatoms. The van der Waals surface area contributed by atoms with E-state index < -0.39 is 0 Å². The molecule has 0 heterocycles. The van der Waals surface area contributed by atoms with Gasteiger partial charge in [-0.1, -0.05) is 6.92 Å². The minimum absolute atomic E-state index is 0.336. The number of aliphatic hydroxyl groups excluding tert-OH is 1. The molecule has 0 aromatic heterocycles. The summed E-state index contributed by atoms with van der Waals surface area (Å²) >= 11 is 0. The van der Waals surface area contributed by atoms with Gasteiger partial charge in [0.15, 0.2) is 11.5 Å². The lowest BCUT2D eigenvalue weighted by atomic mass is 9.86. The van der Waals surface area contributed by atoms with Crippen LogP contribution in [0.25, 0.3) is 5.76 Å². The van der Waals surface area contributed by atoms with Crippen LogP contribution in [-0.4, -0.2) is 19.3 Å². The third kappa shape index (κ3) is 1.86. The lowest BCUT2D eigenvalue weighted by Crippen LogP contribution is -2.10.